The maximum absolute atomic E-state index is 9.87. The molecule has 0 saturated heterocycles. The van der Waals surface area contributed by atoms with E-state index in [1.165, 1.54) is 0 Å². The van der Waals surface area contributed by atoms with Crippen LogP contribution in [0.5, 0.6) is 0 Å². The largest absolute Gasteiger partial charge is 0.463 e. The summed E-state index contributed by atoms with van der Waals surface area (Å²) < 4.78 is 9.49. The fourth-order valence-electron chi connectivity index (χ4n) is 1.74. The quantitative estimate of drug-likeness (QED) is 0.870. The van der Waals surface area contributed by atoms with Crippen LogP contribution in [0.3, 0.4) is 0 Å². The van der Waals surface area contributed by atoms with Gasteiger partial charge in [0.25, 0.3) is 6.47 Å². The summed E-state index contributed by atoms with van der Waals surface area (Å²) in [5.41, 5.74) is 4.11. The molecule has 0 aliphatic rings. The maximum atomic E-state index is 9.87. The molecule has 0 radical (unpaired) electrons. The van der Waals surface area contributed by atoms with E-state index in [2.05, 4.69) is 15.2 Å². The normalized spacial score (nSPS) is 9.40. The Balaban J connectivity index is 0.000000204. The molecule has 2 rings (SSSR count). The number of aryl methyl sites for hydroxylation is 3. The zero-order valence-corrected chi connectivity index (χ0v) is 12.3. The van der Waals surface area contributed by atoms with Crippen LogP contribution in [-0.4, -0.2) is 18.7 Å². The lowest BCUT2D eigenvalue weighted by Gasteiger charge is -2.01. The molecule has 0 saturated carbocycles. The fraction of sp³-hybridized carbons (Fsp3) is 0.333. The Kier molecular flexibility index (Phi) is 6.29. The number of nitrogens with zero attached hydrogens (tertiary/aromatic N) is 1. The third-order valence-corrected chi connectivity index (χ3v) is 2.85. The molecule has 0 bridgehead atoms. The third-order valence-electron chi connectivity index (χ3n) is 2.85. The molecule has 0 aliphatic carbocycles. The van der Waals surface area contributed by atoms with E-state index in [0.29, 0.717) is 13.1 Å². The second kappa shape index (κ2) is 7.99. The number of aromatic nitrogens is 1. The smallest absolute Gasteiger partial charge is 0.293 e. The van der Waals surface area contributed by atoms with Crippen molar-refractivity contribution in [3.05, 3.63) is 46.8 Å². The molecule has 0 fully saturated rings. The molecule has 0 aliphatic heterocycles. The minimum absolute atomic E-state index is 0.371. The number of rotatable bonds is 4. The average Bonchev–Trinajstić information content (AvgIpc) is 2.77. The lowest BCUT2D eigenvalue weighted by molar-refractivity contribution is -0.129. The van der Waals surface area contributed by atoms with E-state index >= 15 is 0 Å². The third kappa shape index (κ3) is 4.42. The van der Waals surface area contributed by atoms with Crippen LogP contribution in [0.25, 0.3) is 0 Å². The van der Waals surface area contributed by atoms with Gasteiger partial charge in [0.05, 0.1) is 0 Å². The van der Waals surface area contributed by atoms with Crippen LogP contribution in [0, 0.1) is 20.8 Å². The molecule has 20 heavy (non-hydrogen) atoms. The van der Waals surface area contributed by atoms with Crippen molar-refractivity contribution < 1.29 is 14.1 Å². The predicted octanol–water partition coefficient (Wildman–Crippen LogP) is 3.00. The van der Waals surface area contributed by atoms with Gasteiger partial charge >= 0.3 is 0 Å². The van der Waals surface area contributed by atoms with Crippen molar-refractivity contribution in [2.24, 2.45) is 0 Å². The van der Waals surface area contributed by atoms with Crippen LogP contribution in [-0.2, 0) is 16.1 Å². The van der Waals surface area contributed by atoms with Gasteiger partial charge in [0.2, 0.25) is 0 Å². The highest BCUT2D eigenvalue weighted by molar-refractivity contribution is 5.49. The van der Waals surface area contributed by atoms with Gasteiger partial charge in [0.15, 0.2) is 5.76 Å². The van der Waals surface area contributed by atoms with Crippen LogP contribution in [0.2, 0.25) is 0 Å². The Labute approximate surface area is 118 Å². The first-order chi connectivity index (χ1) is 9.60. The molecule has 0 spiro atoms. The number of ether oxygens (including phenoxy) is 1. The van der Waals surface area contributed by atoms with Crippen LogP contribution in [0.4, 0.5) is 5.69 Å². The first-order valence-corrected chi connectivity index (χ1v) is 6.30. The van der Waals surface area contributed by atoms with Crippen molar-refractivity contribution in [3.8, 4) is 0 Å². The molecule has 1 N–H and O–H groups in total. The van der Waals surface area contributed by atoms with E-state index in [4.69, 9.17) is 4.52 Å². The Morgan fingerprint density at radius 3 is 2.45 bits per heavy atom. The zero-order valence-electron chi connectivity index (χ0n) is 12.3. The first kappa shape index (κ1) is 15.8. The molecular weight excluding hydrogens is 256 g/mol. The van der Waals surface area contributed by atoms with Gasteiger partial charge < -0.3 is 14.6 Å². The molecule has 1 aromatic heterocycles. The van der Waals surface area contributed by atoms with E-state index in [1.54, 1.807) is 0 Å². The number of hydrogen-bond acceptors (Lipinski definition) is 5. The van der Waals surface area contributed by atoms with Gasteiger partial charge in [-0.15, -0.1) is 0 Å². The number of hydrogen-bond donors (Lipinski definition) is 1. The molecule has 5 nitrogen and oxygen atoms in total. The summed E-state index contributed by atoms with van der Waals surface area (Å²) in [6.07, 6.45) is 0. The fourth-order valence-corrected chi connectivity index (χ4v) is 1.74. The van der Waals surface area contributed by atoms with Gasteiger partial charge in [-0.2, -0.15) is 0 Å². The standard InChI is InChI=1S/C9H10O2.C6H10N2O/c1-8-4-2-3-5-9(8)6-11-7-10;1-4-6(7-3)5(2)9-8-4/h2-5,7H,6H2,1H3;7H,1-3H3. The van der Waals surface area contributed by atoms with Gasteiger partial charge in [0.1, 0.15) is 18.0 Å². The Morgan fingerprint density at radius 2 is 2.00 bits per heavy atom. The number of carbonyl (C=O) groups is 1. The lowest BCUT2D eigenvalue weighted by Crippen LogP contribution is -1.92. The molecule has 108 valence electrons. The summed E-state index contributed by atoms with van der Waals surface area (Å²) in [6, 6.07) is 7.82. The first-order valence-electron chi connectivity index (χ1n) is 6.30. The van der Waals surface area contributed by atoms with E-state index in [1.807, 2.05) is 52.1 Å². The van der Waals surface area contributed by atoms with Gasteiger partial charge in [-0.25, -0.2) is 0 Å². The van der Waals surface area contributed by atoms with Crippen LogP contribution in [0.1, 0.15) is 22.6 Å². The molecule has 1 heterocycles. The molecule has 5 heteroatoms. The van der Waals surface area contributed by atoms with Gasteiger partial charge in [-0.05, 0) is 31.9 Å². The summed E-state index contributed by atoms with van der Waals surface area (Å²) in [6.45, 7) is 6.61. The molecular formula is C15H20N2O3. The van der Waals surface area contributed by atoms with Crippen LogP contribution in [0.15, 0.2) is 28.8 Å². The zero-order chi connectivity index (χ0) is 15.0. The number of carbonyl (C=O) groups excluding carboxylic acids is 1. The predicted molar refractivity (Wildman–Crippen MR) is 77.6 cm³/mol. The van der Waals surface area contributed by atoms with Crippen molar-refractivity contribution in [1.29, 1.82) is 0 Å². The monoisotopic (exact) mass is 276 g/mol. The highest BCUT2D eigenvalue weighted by Crippen LogP contribution is 2.16. The van der Waals surface area contributed by atoms with Crippen LogP contribution >= 0.6 is 0 Å². The average molecular weight is 276 g/mol. The highest BCUT2D eigenvalue weighted by atomic mass is 16.5. The SMILES string of the molecule is CNc1c(C)noc1C.Cc1ccccc1COC=O. The summed E-state index contributed by atoms with van der Waals surface area (Å²) in [7, 11) is 1.85. The van der Waals surface area contributed by atoms with Crippen LogP contribution < -0.4 is 5.32 Å². The molecule has 0 amide bonds. The van der Waals surface area contributed by atoms with Crippen molar-refractivity contribution in [3.63, 3.8) is 0 Å². The summed E-state index contributed by atoms with van der Waals surface area (Å²) in [5.74, 6) is 0.843. The Bertz CT molecular complexity index is 530. The van der Waals surface area contributed by atoms with E-state index in [0.717, 1.165) is 28.3 Å². The summed E-state index contributed by atoms with van der Waals surface area (Å²) >= 11 is 0. The molecule has 0 atom stereocenters. The second-order valence-electron chi connectivity index (χ2n) is 4.28. The molecule has 0 unspecified atom stereocenters. The Hall–Kier alpha value is -2.30. The van der Waals surface area contributed by atoms with Gasteiger partial charge in [-0.1, -0.05) is 29.4 Å². The van der Waals surface area contributed by atoms with E-state index in [9.17, 15) is 4.79 Å². The number of benzene rings is 1. The molecule has 1 aromatic carbocycles. The lowest BCUT2D eigenvalue weighted by atomic mass is 10.1. The van der Waals surface area contributed by atoms with E-state index in [-0.39, 0.29) is 0 Å². The summed E-state index contributed by atoms with van der Waals surface area (Å²) in [5, 5.41) is 6.74. The highest BCUT2D eigenvalue weighted by Gasteiger charge is 2.04. The van der Waals surface area contributed by atoms with Crippen molar-refractivity contribution >= 4 is 12.2 Å². The topological polar surface area (TPSA) is 64.4 Å². The van der Waals surface area contributed by atoms with Crippen molar-refractivity contribution in [2.75, 3.05) is 12.4 Å². The second-order valence-corrected chi connectivity index (χ2v) is 4.28. The van der Waals surface area contributed by atoms with Crippen molar-refractivity contribution in [2.45, 2.75) is 27.4 Å². The minimum atomic E-state index is 0.371. The number of anilines is 1. The number of nitrogens with one attached hydrogen (secondary N) is 1. The van der Waals surface area contributed by atoms with E-state index < -0.39 is 0 Å². The Morgan fingerprint density at radius 1 is 1.30 bits per heavy atom. The maximum Gasteiger partial charge on any atom is 0.293 e. The summed E-state index contributed by atoms with van der Waals surface area (Å²) in [4.78, 5) is 9.87. The van der Waals surface area contributed by atoms with Gasteiger partial charge in [-0.3, -0.25) is 4.79 Å². The van der Waals surface area contributed by atoms with Crippen molar-refractivity contribution in [1.82, 2.24) is 5.16 Å². The minimum Gasteiger partial charge on any atom is -0.463 e. The van der Waals surface area contributed by atoms with Gasteiger partial charge in [0, 0.05) is 7.05 Å². The molecule has 2 aromatic rings.